The smallest absolute Gasteiger partial charge is 0 e. The second kappa shape index (κ2) is 104. The largest absolute Gasteiger partial charge is 0.412 e. The van der Waals surface area contributed by atoms with Gasteiger partial charge in [0.05, 0.1) is 0 Å². The quantitative estimate of drug-likeness (QED) is 0.292. The summed E-state index contributed by atoms with van der Waals surface area (Å²) in [6.07, 6.45) is 0. The van der Waals surface area contributed by atoms with Crippen LogP contribution >= 0.6 is 0 Å². The fraction of sp³-hybridized carbons (Fsp3) is 0. The van der Waals surface area contributed by atoms with Crippen molar-refractivity contribution in [3.8, 4) is 0 Å². The van der Waals surface area contributed by atoms with E-state index < -0.39 is 0 Å². The number of rotatable bonds is 0. The van der Waals surface area contributed by atoms with Crippen molar-refractivity contribution in [2.24, 2.45) is 0 Å². The molecule has 0 aliphatic carbocycles. The van der Waals surface area contributed by atoms with Crippen molar-refractivity contribution in [1.29, 1.82) is 0 Å². The molecule has 7 heteroatoms. The molecule has 0 aromatic rings. The van der Waals surface area contributed by atoms with Gasteiger partial charge in [-0.3, -0.25) is 0 Å². The van der Waals surface area contributed by atoms with Crippen molar-refractivity contribution in [3.05, 3.63) is 0 Å². The maximum absolute atomic E-state index is 0. The molecular formula is H8BNa2O4. The van der Waals surface area contributed by atoms with Crippen LogP contribution in [0.3, 0.4) is 0 Å². The van der Waals surface area contributed by atoms with Crippen LogP contribution < -0.4 is 0 Å². The zero-order chi connectivity index (χ0) is 0. The van der Waals surface area contributed by atoms with Gasteiger partial charge in [0.25, 0.3) is 0 Å². The second-order valence-corrected chi connectivity index (χ2v) is 0. The molecule has 0 amide bonds. The SMILES string of the molecule is O.O.O.O.[B].[Na].[Na]. The molecule has 0 unspecified atom stereocenters. The molecule has 8 N–H and O–H groups in total. The topological polar surface area (TPSA) is 126 Å². The van der Waals surface area contributed by atoms with Gasteiger partial charge in [0.15, 0.2) is 0 Å². The van der Waals surface area contributed by atoms with Gasteiger partial charge in [0.1, 0.15) is 0 Å². The first-order chi connectivity index (χ1) is 0. The van der Waals surface area contributed by atoms with Crippen molar-refractivity contribution in [3.63, 3.8) is 0 Å². The predicted molar refractivity (Wildman–Crippen MR) is 31.7 cm³/mol. The summed E-state index contributed by atoms with van der Waals surface area (Å²) in [4.78, 5) is 0. The van der Waals surface area contributed by atoms with E-state index in [-0.39, 0.29) is 89.4 Å². The third kappa shape index (κ3) is 76.0. The van der Waals surface area contributed by atoms with E-state index in [0.717, 1.165) is 0 Å². The zero-order valence-corrected chi connectivity index (χ0v) is 8.58. The van der Waals surface area contributed by atoms with E-state index in [1.807, 2.05) is 0 Å². The van der Waals surface area contributed by atoms with Gasteiger partial charge in [0, 0.05) is 67.5 Å². The van der Waals surface area contributed by atoms with Gasteiger partial charge in [-0.05, 0) is 0 Å². The third-order valence-corrected chi connectivity index (χ3v) is 0. The summed E-state index contributed by atoms with van der Waals surface area (Å²) in [7, 11) is 0. The summed E-state index contributed by atoms with van der Waals surface area (Å²) >= 11 is 0. The van der Waals surface area contributed by atoms with Crippen LogP contribution in [0.15, 0.2) is 0 Å². The standard InChI is InChI=1S/B.2Na.4H2O/h;;;4*1H2. The fourth-order valence-electron chi connectivity index (χ4n) is 0. The second-order valence-electron chi connectivity index (χ2n) is 0. The molecule has 0 fully saturated rings. The Morgan fingerprint density at radius 2 is 0.429 bits per heavy atom. The first kappa shape index (κ1) is 153. The van der Waals surface area contributed by atoms with Gasteiger partial charge in [-0.25, -0.2) is 0 Å². The van der Waals surface area contributed by atoms with Crippen molar-refractivity contribution in [1.82, 2.24) is 0 Å². The molecule has 0 aliphatic heterocycles. The molecule has 7 heavy (non-hydrogen) atoms. The zero-order valence-electron chi connectivity index (χ0n) is 4.58. The van der Waals surface area contributed by atoms with E-state index in [4.69, 9.17) is 0 Å². The van der Waals surface area contributed by atoms with Gasteiger partial charge < -0.3 is 21.9 Å². The van der Waals surface area contributed by atoms with E-state index in [0.29, 0.717) is 0 Å². The Bertz CT molecular complexity index is 9.65. The van der Waals surface area contributed by atoms with Gasteiger partial charge in [-0.15, -0.1) is 0 Å². The van der Waals surface area contributed by atoms with Crippen molar-refractivity contribution >= 4 is 67.5 Å². The molecule has 0 atom stereocenters. The Labute approximate surface area is 88.4 Å². The van der Waals surface area contributed by atoms with E-state index in [1.165, 1.54) is 0 Å². The Morgan fingerprint density at radius 3 is 0.429 bits per heavy atom. The number of hydrogen-bond donors (Lipinski definition) is 0. The van der Waals surface area contributed by atoms with Crippen LogP contribution in [-0.2, 0) is 0 Å². The molecule has 0 rings (SSSR count). The Balaban J connectivity index is 0. The van der Waals surface area contributed by atoms with Crippen LogP contribution in [0.4, 0.5) is 0 Å². The molecule has 0 bridgehead atoms. The molecule has 0 spiro atoms. The normalized spacial score (nSPS) is 0. The summed E-state index contributed by atoms with van der Waals surface area (Å²) in [5.74, 6) is 0. The van der Waals surface area contributed by atoms with E-state index in [1.54, 1.807) is 0 Å². The minimum absolute atomic E-state index is 0. The molecule has 0 aromatic heterocycles. The van der Waals surface area contributed by atoms with Crippen molar-refractivity contribution < 1.29 is 21.9 Å². The van der Waals surface area contributed by atoms with Crippen molar-refractivity contribution in [2.75, 3.05) is 0 Å². The molecule has 4 nitrogen and oxygen atoms in total. The molecule has 5 radical (unpaired) electrons. The third-order valence-electron chi connectivity index (χ3n) is 0. The molecule has 0 aliphatic rings. The summed E-state index contributed by atoms with van der Waals surface area (Å²) in [6.45, 7) is 0. The van der Waals surface area contributed by atoms with Crippen LogP contribution in [0, 0.1) is 0 Å². The first-order valence-corrected chi connectivity index (χ1v) is 0. The number of hydrogen-bond acceptors (Lipinski definition) is 0. The van der Waals surface area contributed by atoms with Crippen LogP contribution in [0.2, 0.25) is 0 Å². The van der Waals surface area contributed by atoms with Gasteiger partial charge >= 0.3 is 0 Å². The average molecular weight is 129 g/mol. The molecular weight excluding hydrogens is 121 g/mol. The molecule has 37 valence electrons. The van der Waals surface area contributed by atoms with E-state index >= 15 is 0 Å². The minimum Gasteiger partial charge on any atom is -0.412 e. The summed E-state index contributed by atoms with van der Waals surface area (Å²) in [5, 5.41) is 0. The molecule has 0 aromatic carbocycles. The first-order valence-electron chi connectivity index (χ1n) is 0. The Kier molecular flexibility index (Phi) is 2280. The van der Waals surface area contributed by atoms with E-state index in [2.05, 4.69) is 0 Å². The molecule has 0 saturated carbocycles. The predicted octanol–water partition coefficient (Wildman–Crippen LogP) is -4.44. The molecule has 0 heterocycles. The molecule has 0 saturated heterocycles. The maximum Gasteiger partial charge on any atom is 0 e. The summed E-state index contributed by atoms with van der Waals surface area (Å²) in [6, 6.07) is 0. The van der Waals surface area contributed by atoms with Crippen LogP contribution in [0.5, 0.6) is 0 Å². The van der Waals surface area contributed by atoms with Gasteiger partial charge in [-0.1, -0.05) is 0 Å². The summed E-state index contributed by atoms with van der Waals surface area (Å²) in [5.41, 5.74) is 0. The monoisotopic (exact) mass is 129 g/mol. The fourth-order valence-corrected chi connectivity index (χ4v) is 0. The van der Waals surface area contributed by atoms with Crippen LogP contribution in [-0.4, -0.2) is 89.4 Å². The van der Waals surface area contributed by atoms with Crippen LogP contribution in [0.25, 0.3) is 0 Å². The minimum atomic E-state index is 0. The van der Waals surface area contributed by atoms with Crippen molar-refractivity contribution in [2.45, 2.75) is 0 Å². The summed E-state index contributed by atoms with van der Waals surface area (Å²) < 4.78 is 0. The average Bonchev–Trinajstić information content (AvgIpc) is 0. The Morgan fingerprint density at radius 1 is 0.429 bits per heavy atom. The van der Waals surface area contributed by atoms with Crippen LogP contribution in [0.1, 0.15) is 0 Å². The Hall–Kier alpha value is 1.90. The van der Waals surface area contributed by atoms with Gasteiger partial charge in [0.2, 0.25) is 0 Å². The maximum atomic E-state index is 0. The van der Waals surface area contributed by atoms with Gasteiger partial charge in [-0.2, -0.15) is 0 Å². The van der Waals surface area contributed by atoms with E-state index in [9.17, 15) is 0 Å².